The molecule has 0 spiro atoms. The number of anilines is 1. The van der Waals surface area contributed by atoms with Crippen molar-refractivity contribution in [2.75, 3.05) is 12.4 Å². The van der Waals surface area contributed by atoms with Crippen molar-refractivity contribution < 1.29 is 13.5 Å². The highest BCUT2D eigenvalue weighted by atomic mass is 32.1. The van der Waals surface area contributed by atoms with E-state index >= 15 is 0 Å². The van der Waals surface area contributed by atoms with Crippen molar-refractivity contribution >= 4 is 27.4 Å². The number of halogens is 2. The maximum Gasteiger partial charge on any atom is 0.169 e. The van der Waals surface area contributed by atoms with Gasteiger partial charge in [-0.15, -0.1) is 11.3 Å². The zero-order valence-electron chi connectivity index (χ0n) is 11.1. The SMILES string of the molecule is CNc1nc(COc2ccc(F)cc2F)nc2sccc12. The number of aromatic nitrogens is 2. The summed E-state index contributed by atoms with van der Waals surface area (Å²) in [6.45, 7) is 0.00503. The van der Waals surface area contributed by atoms with Crippen LogP contribution in [0.25, 0.3) is 10.2 Å². The molecule has 0 saturated heterocycles. The van der Waals surface area contributed by atoms with Crippen molar-refractivity contribution in [3.8, 4) is 5.75 Å². The maximum absolute atomic E-state index is 13.5. The molecule has 0 aliphatic rings. The molecular weight excluding hydrogens is 296 g/mol. The standard InChI is InChI=1S/C14H11F2N3OS/c1-17-13-9-4-5-21-14(9)19-12(18-13)7-20-11-3-2-8(15)6-10(11)16/h2-6H,7H2,1H3,(H,17,18,19). The zero-order chi connectivity index (χ0) is 14.8. The first-order chi connectivity index (χ1) is 10.2. The van der Waals surface area contributed by atoms with Gasteiger partial charge in [0, 0.05) is 13.1 Å². The first-order valence-corrected chi connectivity index (χ1v) is 7.05. The molecular formula is C14H11F2N3OS. The van der Waals surface area contributed by atoms with Gasteiger partial charge < -0.3 is 10.1 Å². The molecule has 108 valence electrons. The molecule has 0 amide bonds. The van der Waals surface area contributed by atoms with Crippen molar-refractivity contribution in [2.45, 2.75) is 6.61 Å². The van der Waals surface area contributed by atoms with Gasteiger partial charge in [0.2, 0.25) is 0 Å². The number of nitrogens with zero attached hydrogens (tertiary/aromatic N) is 2. The molecule has 2 aromatic heterocycles. The second-order valence-corrected chi connectivity index (χ2v) is 5.14. The summed E-state index contributed by atoms with van der Waals surface area (Å²) in [4.78, 5) is 9.50. The highest BCUT2D eigenvalue weighted by Crippen LogP contribution is 2.25. The summed E-state index contributed by atoms with van der Waals surface area (Å²) in [6, 6.07) is 5.09. The molecule has 0 aliphatic carbocycles. The smallest absolute Gasteiger partial charge is 0.169 e. The van der Waals surface area contributed by atoms with Gasteiger partial charge in [0.15, 0.2) is 17.4 Å². The average Bonchev–Trinajstić information content (AvgIpc) is 2.93. The Morgan fingerprint density at radius 2 is 2.10 bits per heavy atom. The largest absolute Gasteiger partial charge is 0.483 e. The number of hydrogen-bond acceptors (Lipinski definition) is 5. The van der Waals surface area contributed by atoms with Crippen LogP contribution in [0.4, 0.5) is 14.6 Å². The van der Waals surface area contributed by atoms with Crippen LogP contribution in [-0.2, 0) is 6.61 Å². The molecule has 2 heterocycles. The molecule has 3 rings (SSSR count). The third kappa shape index (κ3) is 2.78. The fourth-order valence-corrected chi connectivity index (χ4v) is 2.67. The van der Waals surface area contributed by atoms with Crippen molar-refractivity contribution in [3.05, 3.63) is 47.1 Å². The van der Waals surface area contributed by atoms with E-state index < -0.39 is 11.6 Å². The molecule has 0 aliphatic heterocycles. The van der Waals surface area contributed by atoms with E-state index in [0.29, 0.717) is 11.6 Å². The van der Waals surface area contributed by atoms with Gasteiger partial charge in [0.1, 0.15) is 23.1 Å². The number of rotatable bonds is 4. The van der Waals surface area contributed by atoms with Gasteiger partial charge in [-0.2, -0.15) is 0 Å². The second-order valence-electron chi connectivity index (χ2n) is 4.24. The van der Waals surface area contributed by atoms with Crippen molar-refractivity contribution in [1.82, 2.24) is 9.97 Å². The van der Waals surface area contributed by atoms with Gasteiger partial charge in [-0.3, -0.25) is 0 Å². The van der Waals surface area contributed by atoms with Gasteiger partial charge in [-0.1, -0.05) is 0 Å². The third-order valence-electron chi connectivity index (χ3n) is 2.86. The first kappa shape index (κ1) is 13.7. The van der Waals surface area contributed by atoms with Crippen LogP contribution in [0.1, 0.15) is 5.82 Å². The number of ether oxygens (including phenoxy) is 1. The minimum Gasteiger partial charge on any atom is -0.483 e. The van der Waals surface area contributed by atoms with Crippen LogP contribution in [0, 0.1) is 11.6 Å². The van der Waals surface area contributed by atoms with E-state index in [1.807, 2.05) is 11.4 Å². The zero-order valence-corrected chi connectivity index (χ0v) is 11.9. The molecule has 0 radical (unpaired) electrons. The minimum absolute atomic E-state index is 0.00503. The summed E-state index contributed by atoms with van der Waals surface area (Å²) in [6.07, 6.45) is 0. The van der Waals surface area contributed by atoms with E-state index in [1.54, 1.807) is 7.05 Å². The summed E-state index contributed by atoms with van der Waals surface area (Å²) in [7, 11) is 1.77. The molecule has 3 aromatic rings. The van der Waals surface area contributed by atoms with Gasteiger partial charge in [0.25, 0.3) is 0 Å². The minimum atomic E-state index is -0.749. The summed E-state index contributed by atoms with van der Waals surface area (Å²) in [5.74, 6) is -0.302. The van der Waals surface area contributed by atoms with Gasteiger partial charge in [-0.25, -0.2) is 18.7 Å². The summed E-state index contributed by atoms with van der Waals surface area (Å²) >= 11 is 1.49. The lowest BCUT2D eigenvalue weighted by molar-refractivity contribution is 0.281. The predicted molar refractivity (Wildman–Crippen MR) is 77.7 cm³/mol. The molecule has 21 heavy (non-hydrogen) atoms. The second kappa shape index (κ2) is 5.61. The van der Waals surface area contributed by atoms with E-state index in [4.69, 9.17) is 4.74 Å². The number of nitrogens with one attached hydrogen (secondary N) is 1. The fraction of sp³-hybridized carbons (Fsp3) is 0.143. The molecule has 1 N–H and O–H groups in total. The van der Waals surface area contributed by atoms with E-state index in [2.05, 4.69) is 15.3 Å². The van der Waals surface area contributed by atoms with Crippen LogP contribution in [0.15, 0.2) is 29.6 Å². The van der Waals surface area contributed by atoms with Gasteiger partial charge in [0.05, 0.1) is 5.39 Å². The Labute approximate surface area is 123 Å². The average molecular weight is 307 g/mol. The quantitative estimate of drug-likeness (QED) is 0.800. The van der Waals surface area contributed by atoms with E-state index in [1.165, 1.54) is 17.4 Å². The Kier molecular flexibility index (Phi) is 3.66. The third-order valence-corrected chi connectivity index (χ3v) is 3.67. The number of benzene rings is 1. The summed E-state index contributed by atoms with van der Waals surface area (Å²) in [5.41, 5.74) is 0. The molecule has 0 saturated carbocycles. The Hall–Kier alpha value is -2.28. The van der Waals surface area contributed by atoms with Gasteiger partial charge in [-0.05, 0) is 23.6 Å². The topological polar surface area (TPSA) is 47.0 Å². The van der Waals surface area contributed by atoms with Crippen molar-refractivity contribution in [1.29, 1.82) is 0 Å². The highest BCUT2D eigenvalue weighted by Gasteiger charge is 2.10. The Morgan fingerprint density at radius 3 is 2.86 bits per heavy atom. The Balaban J connectivity index is 1.84. The number of fused-ring (bicyclic) bond motifs is 1. The molecule has 7 heteroatoms. The maximum atomic E-state index is 13.5. The molecule has 0 fully saturated rings. The summed E-state index contributed by atoms with van der Waals surface area (Å²) < 4.78 is 31.6. The fourth-order valence-electron chi connectivity index (χ4n) is 1.89. The van der Waals surface area contributed by atoms with E-state index in [9.17, 15) is 8.78 Å². The normalized spacial score (nSPS) is 10.8. The molecule has 0 atom stereocenters. The van der Waals surface area contributed by atoms with E-state index in [0.717, 1.165) is 22.3 Å². The number of thiophene rings is 1. The monoisotopic (exact) mass is 307 g/mol. The molecule has 0 bridgehead atoms. The van der Waals surface area contributed by atoms with Crippen molar-refractivity contribution in [2.24, 2.45) is 0 Å². The molecule has 1 aromatic carbocycles. The van der Waals surface area contributed by atoms with Crippen LogP contribution in [0.2, 0.25) is 0 Å². The highest BCUT2D eigenvalue weighted by molar-refractivity contribution is 7.16. The lowest BCUT2D eigenvalue weighted by Crippen LogP contribution is -2.05. The lowest BCUT2D eigenvalue weighted by atomic mass is 10.3. The Morgan fingerprint density at radius 1 is 1.24 bits per heavy atom. The van der Waals surface area contributed by atoms with Crippen LogP contribution < -0.4 is 10.1 Å². The van der Waals surface area contributed by atoms with Crippen LogP contribution in [0.5, 0.6) is 5.75 Å². The van der Waals surface area contributed by atoms with Crippen LogP contribution in [-0.4, -0.2) is 17.0 Å². The molecule has 0 unspecified atom stereocenters. The first-order valence-electron chi connectivity index (χ1n) is 6.17. The van der Waals surface area contributed by atoms with Crippen molar-refractivity contribution in [3.63, 3.8) is 0 Å². The molecule has 4 nitrogen and oxygen atoms in total. The van der Waals surface area contributed by atoms with Gasteiger partial charge >= 0.3 is 0 Å². The lowest BCUT2D eigenvalue weighted by Gasteiger charge is -2.08. The van der Waals surface area contributed by atoms with Crippen LogP contribution in [0.3, 0.4) is 0 Å². The predicted octanol–water partition coefficient (Wildman–Crippen LogP) is 3.59. The summed E-state index contributed by atoms with van der Waals surface area (Å²) in [5, 5.41) is 5.84. The van der Waals surface area contributed by atoms with Crippen LogP contribution >= 0.6 is 11.3 Å². The number of hydrogen-bond donors (Lipinski definition) is 1. The Bertz CT molecular complexity index is 791. The van der Waals surface area contributed by atoms with E-state index in [-0.39, 0.29) is 12.4 Å².